The average Bonchev–Trinajstić information content (AvgIpc) is 1.64. The summed E-state index contributed by atoms with van der Waals surface area (Å²) in [4.78, 5) is 263. The van der Waals surface area contributed by atoms with Crippen molar-refractivity contribution in [3.8, 4) is 0 Å². The number of nitrogen functional groups attached to an aromatic ring is 1. The average molecular weight is 1920 g/mol. The number of hydrogen-bond acceptors (Lipinski definition) is 41. The molecule has 1 unspecified atom stereocenters. The number of aliphatic hydroxyl groups excluding tert-OH is 15. The fourth-order valence-electron chi connectivity index (χ4n) is 12.8. The van der Waals surface area contributed by atoms with Crippen molar-refractivity contribution >= 4 is 135 Å². The van der Waals surface area contributed by atoms with E-state index in [2.05, 4.69) is 68.0 Å². The van der Waals surface area contributed by atoms with Crippen LogP contribution in [0.5, 0.6) is 0 Å². The fraction of sp³-hybridized carbons (Fsp3) is 0.628. The number of hydrogen-bond donors (Lipinski definition) is 30. The van der Waals surface area contributed by atoms with Gasteiger partial charge in [0.05, 0.1) is 87.1 Å². The summed E-state index contributed by atoms with van der Waals surface area (Å²) >= 11 is 0.554. The Morgan fingerprint density at radius 2 is 0.940 bits per heavy atom. The summed E-state index contributed by atoms with van der Waals surface area (Å²) in [5.74, 6) is -28.0. The molecule has 3 aromatic rings. The number of H-pyrrole nitrogens is 1. The molecule has 0 saturated carbocycles. The van der Waals surface area contributed by atoms with E-state index in [9.17, 15) is 183 Å². The molecular weight excluding hydrogens is 1800 g/mol. The largest absolute Gasteiger partial charge is 0.481 e. The van der Waals surface area contributed by atoms with Crippen LogP contribution in [0.25, 0.3) is 11.2 Å². The highest BCUT2D eigenvalue weighted by Crippen LogP contribution is 2.28. The lowest BCUT2D eigenvalue weighted by molar-refractivity contribution is -0.142. The smallest absolute Gasteiger partial charge is 0.327 e. The van der Waals surface area contributed by atoms with E-state index >= 15 is 0 Å². The molecule has 0 aliphatic carbocycles. The molecule has 0 spiro atoms. The van der Waals surface area contributed by atoms with E-state index in [1.807, 2.05) is 0 Å². The number of anilines is 2. The second-order valence-electron chi connectivity index (χ2n) is 30.8. The molecule has 0 radical (unpaired) electrons. The Morgan fingerprint density at radius 1 is 0.511 bits per heavy atom. The maximum atomic E-state index is 15.0. The highest BCUT2D eigenvalue weighted by atomic mass is 32.2. The van der Waals surface area contributed by atoms with Crippen LogP contribution in [0.2, 0.25) is 0 Å². The van der Waals surface area contributed by atoms with Gasteiger partial charge in [0.2, 0.25) is 59.1 Å². The van der Waals surface area contributed by atoms with Crippen LogP contribution in [0, 0.1) is 17.8 Å². The molecule has 742 valence electrons. The van der Waals surface area contributed by atoms with Crippen molar-refractivity contribution in [1.29, 1.82) is 0 Å². The van der Waals surface area contributed by atoms with Gasteiger partial charge >= 0.3 is 23.9 Å². The second-order valence-corrected chi connectivity index (χ2v) is 32.1. The van der Waals surface area contributed by atoms with E-state index in [0.29, 0.717) is 22.3 Å². The molecule has 1 aromatic carbocycles. The zero-order chi connectivity index (χ0) is 99.6. The number of aliphatic hydroxyl groups is 15. The number of hydroxylamine groups is 1. The summed E-state index contributed by atoms with van der Waals surface area (Å²) in [6, 6.07) is -2.70. The number of Topliss-reactive ketones (excluding diaryl/α,β-unsaturated/α-hetero) is 3. The molecule has 31 N–H and O–H groups in total. The predicted molar refractivity (Wildman–Crippen MR) is 449 cm³/mol. The van der Waals surface area contributed by atoms with Gasteiger partial charge in [0.1, 0.15) is 72.8 Å². The van der Waals surface area contributed by atoms with Gasteiger partial charge in [-0.2, -0.15) is 4.98 Å². The molecule has 1 fully saturated rings. The number of rotatable bonds is 67. The van der Waals surface area contributed by atoms with Crippen molar-refractivity contribution in [2.75, 3.05) is 83.1 Å². The van der Waals surface area contributed by atoms with Crippen molar-refractivity contribution in [2.45, 2.75) is 218 Å². The summed E-state index contributed by atoms with van der Waals surface area (Å²) in [6.45, 7) is -6.49. The van der Waals surface area contributed by atoms with E-state index in [1.54, 1.807) is 0 Å². The number of aromatic amines is 1. The minimum absolute atomic E-state index is 0.00363. The molecule has 1 saturated heterocycles. The van der Waals surface area contributed by atoms with Crippen LogP contribution in [0.15, 0.2) is 35.3 Å². The van der Waals surface area contributed by atoms with Crippen LogP contribution in [0.3, 0.4) is 0 Å². The number of nitrogens with one attached hydrogen (secondary N) is 10. The maximum absolute atomic E-state index is 15.0. The number of nitrogens with two attached hydrogens (primary N) is 1. The first kappa shape index (κ1) is 114. The summed E-state index contributed by atoms with van der Waals surface area (Å²) < 4.78 is 4.81. The first-order chi connectivity index (χ1) is 62.7. The molecule has 1 aliphatic heterocycles. The van der Waals surface area contributed by atoms with Crippen LogP contribution in [-0.2, 0) is 92.8 Å². The highest BCUT2D eigenvalue weighted by molar-refractivity contribution is 8.00. The number of ether oxygens (including phenoxy) is 1. The topological polar surface area (TPSA) is 902 Å². The number of likely N-dealkylation sites (tertiary alicyclic amines) is 1. The molecule has 3 heterocycles. The monoisotopic (exact) mass is 1920 g/mol. The maximum Gasteiger partial charge on any atom is 0.327 e. The van der Waals surface area contributed by atoms with Crippen LogP contribution in [0.4, 0.5) is 11.6 Å². The number of benzene rings is 1. The molecule has 55 heteroatoms. The molecule has 0 bridgehead atoms. The molecule has 20 atom stereocenters. The van der Waals surface area contributed by atoms with E-state index in [4.69, 9.17) is 15.3 Å². The van der Waals surface area contributed by atoms with Crippen LogP contribution in [0.1, 0.15) is 125 Å². The summed E-state index contributed by atoms with van der Waals surface area (Å²) in [6.07, 6.45) is -39.0. The van der Waals surface area contributed by atoms with Crippen LogP contribution >= 0.6 is 11.8 Å². The molecule has 133 heavy (non-hydrogen) atoms. The third-order valence-corrected chi connectivity index (χ3v) is 22.0. The first-order valence-corrected chi connectivity index (χ1v) is 42.5. The number of aromatic nitrogens is 4. The molecule has 2 aromatic heterocycles. The number of amides is 10. The normalized spacial score (nSPS) is 17.0. The minimum atomic E-state index is -2.26. The molecule has 10 amide bonds. The highest BCUT2D eigenvalue weighted by Gasteiger charge is 2.42. The Kier molecular flexibility index (Phi) is 49.5. The van der Waals surface area contributed by atoms with Gasteiger partial charge in [-0.1, -0.05) is 0 Å². The van der Waals surface area contributed by atoms with E-state index in [0.717, 1.165) is 0 Å². The zero-order valence-electron chi connectivity index (χ0n) is 71.7. The van der Waals surface area contributed by atoms with E-state index < -0.39 is 387 Å². The van der Waals surface area contributed by atoms with Crippen molar-refractivity contribution in [2.24, 2.45) is 17.8 Å². The van der Waals surface area contributed by atoms with Crippen molar-refractivity contribution in [3.63, 3.8) is 0 Å². The van der Waals surface area contributed by atoms with E-state index in [-0.39, 0.29) is 48.1 Å². The minimum Gasteiger partial charge on any atom is -0.481 e. The van der Waals surface area contributed by atoms with Gasteiger partial charge in [0, 0.05) is 139 Å². The number of thioether (sulfide) groups is 1. The van der Waals surface area contributed by atoms with Crippen LogP contribution < -0.4 is 59.3 Å². The molecule has 54 nitrogen and oxygen atoms in total. The third kappa shape index (κ3) is 39.3. The van der Waals surface area contributed by atoms with Gasteiger partial charge < -0.3 is 150 Å². The number of carboxylic acid groups (broad SMARTS) is 4. The Balaban J connectivity index is 1.73. The van der Waals surface area contributed by atoms with Crippen molar-refractivity contribution < 1.29 is 188 Å². The zero-order valence-corrected chi connectivity index (χ0v) is 72.5. The number of imide groups is 1. The number of methoxy groups -OCH3 is 1. The van der Waals surface area contributed by atoms with Gasteiger partial charge in [0.25, 0.3) is 11.5 Å². The summed E-state index contributed by atoms with van der Waals surface area (Å²) in [5.41, 5.74) is 7.44. The third-order valence-electron chi connectivity index (χ3n) is 20.7. The lowest BCUT2D eigenvalue weighted by Crippen LogP contribution is -2.50. The second kappa shape index (κ2) is 57.8. The van der Waals surface area contributed by atoms with Gasteiger partial charge in [-0.15, -0.1) is 11.8 Å². The summed E-state index contributed by atoms with van der Waals surface area (Å²) in [7, 11) is 1.36. The standard InChI is InChI=1S/C78H115N15O39S/c1-131-20-21-132-92-58(109)18-19-93-59(110)25-54(75(93)126)133-34-45(77(129)130)89-73(124)38(6-15-57(108)83-30-50(102)65(117)68(120)53(105)33-96)24-47(99)43(12-17-61(113)114)87-72(123)37(5-14-56(107)82-29-49(101)64(116)67(119)52(104)32-95)23-46(98)42(11-16-60(111)112)86-71(122)36(4-13-55(106)81-28-48(100)63(115)66(118)51(103)31-94)22-41(97)9-10-44(76(127)128)88-70(121)35-2-7-39(8-3-35)80-26-40-27-84-69-62(85-40)74(125)91-78(79)90-69/h2-3,7-8,27,36-38,42-45,48-54,63-68,80,94-96,100-105,115-120H,4-6,9-26,28-34H2,1H3,(H,81,106)(H,82,107)(H,83,108)(H,86,122)(H,87,123)(H,88,121)(H,89,124)(H,92,109)(H,111,112)(H,113,114)(H,127,128)(H,129,130)(H3,79,84,90,91,125)/t36-,37-,38-,42-,43-,44+,45-,48+,49+,50+,51-,52-,53-,54?,63-,64-,65-,66-,67-,68-/m1/s1. The number of aliphatic carboxylic acids is 4. The van der Waals surface area contributed by atoms with Gasteiger partial charge in [-0.05, 0) is 62.8 Å². The van der Waals surface area contributed by atoms with Gasteiger partial charge in [-0.3, -0.25) is 91.4 Å². The van der Waals surface area contributed by atoms with Crippen LogP contribution in [-0.4, -0.2) is 397 Å². The summed E-state index contributed by atoms with van der Waals surface area (Å²) in [5, 5.41) is 208. The van der Waals surface area contributed by atoms with Gasteiger partial charge in [-0.25, -0.2) is 25.0 Å². The molecule has 4 rings (SSSR count). The lowest BCUT2D eigenvalue weighted by atomic mass is 9.89. The number of fused-ring (bicyclic) bond motifs is 1. The fourth-order valence-corrected chi connectivity index (χ4v) is 13.9. The number of carbonyl (C=O) groups excluding carboxylic acids is 13. The number of carbonyl (C=O) groups is 17. The molecule has 1 aliphatic rings. The SMILES string of the molecule is COCCONC(=O)CCN1C(=O)CC(SC[C@@H](NC(=O)[C@H](CCC(=O)NC[C@H](O)[C@@H](O)[C@H](O)[C@H](O)CO)CC(=O)[C@@H](CCC(=O)O)NC(=O)[C@H](CCC(=O)NC[C@H](O)[C@@H](O)[C@H](O)[C@H](O)CO)CC(=O)[C@@H](CCC(=O)O)NC(=O)[C@H](CCC(=O)NC[C@H](O)[C@@H](O)[C@H](O)[C@H](O)CO)CC(=O)CC[C@H](NC(=O)c2ccc(NCc3cnc4nc(N)[nH]c(=O)c4n3)cc2)C(=O)O)C(=O)O)C1=O. The first-order valence-electron chi connectivity index (χ1n) is 41.4. The Hall–Kier alpha value is -11.5. The van der Waals surface area contributed by atoms with Gasteiger partial charge in [0.15, 0.2) is 22.7 Å². The van der Waals surface area contributed by atoms with Crippen molar-refractivity contribution in [3.05, 3.63) is 52.1 Å². The number of nitrogens with zero attached hydrogens (tertiary/aromatic N) is 4. The number of carboxylic acids is 4. The van der Waals surface area contributed by atoms with Crippen molar-refractivity contribution in [1.82, 2.24) is 67.5 Å². The number of ketones is 3. The Labute approximate surface area is 758 Å². The van der Waals surface area contributed by atoms with E-state index in [1.165, 1.54) is 37.6 Å². The lowest BCUT2D eigenvalue weighted by Gasteiger charge is -2.26. The quantitative estimate of drug-likeness (QED) is 0.0142. The molecular formula is C78H115N15O39S. The predicted octanol–water partition coefficient (Wildman–Crippen LogP) is -12.2. The Bertz CT molecular complexity index is 4500. The Morgan fingerprint density at radius 3 is 1.37 bits per heavy atom.